The van der Waals surface area contributed by atoms with Gasteiger partial charge in [0.1, 0.15) is 13.0 Å². The van der Waals surface area contributed by atoms with Gasteiger partial charge in [-0.2, -0.15) is 0 Å². The van der Waals surface area contributed by atoms with Gasteiger partial charge in [0.25, 0.3) is 0 Å². The molecule has 1 rings (SSSR count). The van der Waals surface area contributed by atoms with Crippen LogP contribution in [0, 0.1) is 11.8 Å². The lowest BCUT2D eigenvalue weighted by Crippen LogP contribution is -2.15. The highest BCUT2D eigenvalue weighted by Crippen LogP contribution is 2.13. The van der Waals surface area contributed by atoms with Gasteiger partial charge in [-0.25, -0.2) is 0 Å². The standard InChI is InChI=1S/C13H20BO/c1-10(2)11(3)9-15-13-7-5-12(14-4)6-8-13/h5-8,10-11H,9H2,1-4H3. The lowest BCUT2D eigenvalue weighted by Gasteiger charge is -2.16. The fourth-order valence-corrected chi connectivity index (χ4v) is 1.18. The van der Waals surface area contributed by atoms with Crippen molar-refractivity contribution in [2.45, 2.75) is 27.6 Å². The summed E-state index contributed by atoms with van der Waals surface area (Å²) < 4.78 is 5.71. The number of hydrogen-bond donors (Lipinski definition) is 0. The molecule has 15 heavy (non-hydrogen) atoms. The van der Waals surface area contributed by atoms with Crippen LogP contribution in [0.5, 0.6) is 5.75 Å². The maximum Gasteiger partial charge on any atom is 0.148 e. The topological polar surface area (TPSA) is 9.23 Å². The average Bonchev–Trinajstić information content (AvgIpc) is 2.26. The van der Waals surface area contributed by atoms with Crippen LogP contribution in [0.4, 0.5) is 0 Å². The highest BCUT2D eigenvalue weighted by molar-refractivity contribution is 6.51. The third kappa shape index (κ3) is 3.99. The van der Waals surface area contributed by atoms with Crippen molar-refractivity contribution in [2.75, 3.05) is 6.61 Å². The van der Waals surface area contributed by atoms with Crippen molar-refractivity contribution < 1.29 is 4.74 Å². The molecule has 1 radical (unpaired) electrons. The van der Waals surface area contributed by atoms with Crippen LogP contribution in [0.1, 0.15) is 20.8 Å². The van der Waals surface area contributed by atoms with E-state index in [4.69, 9.17) is 4.74 Å². The largest absolute Gasteiger partial charge is 0.493 e. The molecular weight excluding hydrogens is 183 g/mol. The molecular formula is C13H20BO. The molecule has 0 aromatic heterocycles. The van der Waals surface area contributed by atoms with E-state index in [1.165, 1.54) is 5.46 Å². The molecule has 1 aromatic rings. The van der Waals surface area contributed by atoms with Gasteiger partial charge in [-0.1, -0.05) is 45.2 Å². The lowest BCUT2D eigenvalue weighted by molar-refractivity contribution is 0.223. The zero-order chi connectivity index (χ0) is 11.3. The molecule has 1 nitrogen and oxygen atoms in total. The summed E-state index contributed by atoms with van der Waals surface area (Å²) in [5.41, 5.74) is 1.24. The van der Waals surface area contributed by atoms with E-state index < -0.39 is 0 Å². The van der Waals surface area contributed by atoms with Gasteiger partial charge in [-0.15, -0.1) is 0 Å². The van der Waals surface area contributed by atoms with Gasteiger partial charge in [0, 0.05) is 0 Å². The second-order valence-electron chi connectivity index (χ2n) is 4.39. The van der Waals surface area contributed by atoms with Gasteiger partial charge < -0.3 is 4.74 Å². The molecule has 0 N–H and O–H groups in total. The third-order valence-corrected chi connectivity index (χ3v) is 2.86. The second-order valence-corrected chi connectivity index (χ2v) is 4.39. The first-order valence-electron chi connectivity index (χ1n) is 5.65. The highest BCUT2D eigenvalue weighted by atomic mass is 16.5. The molecule has 81 valence electrons. The second kappa shape index (κ2) is 5.84. The van der Waals surface area contributed by atoms with Crippen LogP contribution in [0.15, 0.2) is 24.3 Å². The Bertz CT molecular complexity index is 279. The van der Waals surface area contributed by atoms with E-state index in [0.717, 1.165) is 12.4 Å². The van der Waals surface area contributed by atoms with Crippen molar-refractivity contribution in [1.82, 2.24) is 0 Å². The fraction of sp³-hybridized carbons (Fsp3) is 0.538. The molecule has 2 heteroatoms. The van der Waals surface area contributed by atoms with Crippen LogP contribution in [0.3, 0.4) is 0 Å². The number of rotatable bonds is 5. The minimum atomic E-state index is 0.599. The minimum Gasteiger partial charge on any atom is -0.493 e. The predicted molar refractivity (Wildman–Crippen MR) is 67.2 cm³/mol. The van der Waals surface area contributed by atoms with Gasteiger partial charge in [0.2, 0.25) is 0 Å². The molecule has 0 aliphatic rings. The Morgan fingerprint density at radius 2 is 1.73 bits per heavy atom. The van der Waals surface area contributed by atoms with E-state index >= 15 is 0 Å². The number of ether oxygens (including phenoxy) is 1. The summed E-state index contributed by atoms with van der Waals surface area (Å²) >= 11 is 0. The maximum absolute atomic E-state index is 5.71. The third-order valence-electron chi connectivity index (χ3n) is 2.86. The summed E-state index contributed by atoms with van der Waals surface area (Å²) in [7, 11) is 2.08. The summed E-state index contributed by atoms with van der Waals surface area (Å²) in [5.74, 6) is 2.24. The van der Waals surface area contributed by atoms with Crippen LogP contribution >= 0.6 is 0 Å². The van der Waals surface area contributed by atoms with E-state index in [1.807, 2.05) is 19.0 Å². The Kier molecular flexibility index (Phi) is 4.74. The zero-order valence-electron chi connectivity index (χ0n) is 10.2. The predicted octanol–water partition coefficient (Wildman–Crippen LogP) is 2.74. The van der Waals surface area contributed by atoms with Crippen LogP contribution in [-0.4, -0.2) is 13.9 Å². The molecule has 0 fully saturated rings. The summed E-state index contributed by atoms with van der Waals surface area (Å²) in [6, 6.07) is 8.22. The first-order chi connectivity index (χ1) is 7.13. The van der Waals surface area contributed by atoms with Gasteiger partial charge >= 0.3 is 0 Å². The van der Waals surface area contributed by atoms with E-state index in [0.29, 0.717) is 11.8 Å². The quantitative estimate of drug-likeness (QED) is 0.668. The number of benzene rings is 1. The summed E-state index contributed by atoms with van der Waals surface area (Å²) in [6.45, 7) is 9.51. The Balaban J connectivity index is 2.44. The lowest BCUT2D eigenvalue weighted by atomic mass is 9.73. The molecule has 0 spiro atoms. The van der Waals surface area contributed by atoms with Crippen molar-refractivity contribution in [3.8, 4) is 5.75 Å². The SMILES string of the molecule is C[B]c1ccc(OCC(C)C(C)C)cc1. The van der Waals surface area contributed by atoms with Crippen molar-refractivity contribution in [2.24, 2.45) is 11.8 Å². The first-order valence-corrected chi connectivity index (χ1v) is 5.65. The summed E-state index contributed by atoms with van der Waals surface area (Å²) in [4.78, 5) is 0. The fourth-order valence-electron chi connectivity index (χ4n) is 1.18. The molecule has 1 atom stereocenters. The molecule has 0 aliphatic heterocycles. The molecule has 0 saturated carbocycles. The van der Waals surface area contributed by atoms with E-state index in [2.05, 4.69) is 40.2 Å². The smallest absolute Gasteiger partial charge is 0.148 e. The Hall–Kier alpha value is -0.915. The molecule has 0 bridgehead atoms. The van der Waals surface area contributed by atoms with Gasteiger partial charge in [0.05, 0.1) is 6.61 Å². The van der Waals surface area contributed by atoms with Gasteiger partial charge in [0.15, 0.2) is 0 Å². The first kappa shape index (κ1) is 12.2. The van der Waals surface area contributed by atoms with Gasteiger partial charge in [-0.05, 0) is 24.0 Å². The van der Waals surface area contributed by atoms with Crippen LogP contribution < -0.4 is 10.2 Å². The number of hydrogen-bond acceptors (Lipinski definition) is 1. The molecule has 0 amide bonds. The molecule has 1 unspecified atom stereocenters. The Morgan fingerprint density at radius 3 is 2.20 bits per heavy atom. The monoisotopic (exact) mass is 203 g/mol. The highest BCUT2D eigenvalue weighted by Gasteiger charge is 2.07. The molecule has 0 heterocycles. The van der Waals surface area contributed by atoms with Crippen LogP contribution in [0.25, 0.3) is 0 Å². The maximum atomic E-state index is 5.71. The summed E-state index contributed by atoms with van der Waals surface area (Å²) in [5, 5.41) is 0. The van der Waals surface area contributed by atoms with Crippen molar-refractivity contribution in [3.63, 3.8) is 0 Å². The minimum absolute atomic E-state index is 0.599. The van der Waals surface area contributed by atoms with E-state index in [9.17, 15) is 0 Å². The van der Waals surface area contributed by atoms with Crippen molar-refractivity contribution >= 4 is 12.7 Å². The van der Waals surface area contributed by atoms with Gasteiger partial charge in [-0.3, -0.25) is 0 Å². The molecule has 0 aliphatic carbocycles. The Labute approximate surface area is 94.1 Å². The van der Waals surface area contributed by atoms with E-state index in [1.54, 1.807) is 0 Å². The van der Waals surface area contributed by atoms with Crippen LogP contribution in [0.2, 0.25) is 6.82 Å². The zero-order valence-corrected chi connectivity index (χ0v) is 10.2. The van der Waals surface area contributed by atoms with E-state index in [-0.39, 0.29) is 0 Å². The van der Waals surface area contributed by atoms with Crippen molar-refractivity contribution in [1.29, 1.82) is 0 Å². The normalized spacial score (nSPS) is 12.6. The summed E-state index contributed by atoms with van der Waals surface area (Å²) in [6.07, 6.45) is 0. The van der Waals surface area contributed by atoms with Crippen molar-refractivity contribution in [3.05, 3.63) is 24.3 Å². The molecule has 1 aromatic carbocycles. The molecule has 0 saturated heterocycles. The average molecular weight is 203 g/mol. The Morgan fingerprint density at radius 1 is 1.13 bits per heavy atom. The van der Waals surface area contributed by atoms with Crippen LogP contribution in [-0.2, 0) is 0 Å².